The van der Waals surface area contributed by atoms with E-state index < -0.39 is 0 Å². The van der Waals surface area contributed by atoms with Gasteiger partial charge in [0.1, 0.15) is 0 Å². The van der Waals surface area contributed by atoms with E-state index in [1.54, 1.807) is 0 Å². The summed E-state index contributed by atoms with van der Waals surface area (Å²) in [6, 6.07) is 4.40. The Balaban J connectivity index is 2.45. The molecule has 0 aliphatic rings. The lowest BCUT2D eigenvalue weighted by Gasteiger charge is -2.10. The molecular weight excluding hydrogens is 176 g/mol. The van der Waals surface area contributed by atoms with Gasteiger partial charge in [-0.25, -0.2) is 0 Å². The fraction of sp³-hybridized carbons (Fsp3) is 0.636. The molecule has 1 heterocycles. The van der Waals surface area contributed by atoms with Gasteiger partial charge >= 0.3 is 0 Å². The minimum Gasteiger partial charge on any atom is -0.380 e. The van der Waals surface area contributed by atoms with Crippen LogP contribution in [-0.2, 0) is 17.7 Å². The Kier molecular flexibility index (Phi) is 4.70. The Bertz CT molecular complexity index is 256. The molecule has 0 fully saturated rings. The second-order valence-corrected chi connectivity index (χ2v) is 3.57. The maximum atomic E-state index is 5.76. The summed E-state index contributed by atoms with van der Waals surface area (Å²) in [7, 11) is 0. The molecule has 1 aromatic heterocycles. The fourth-order valence-electron chi connectivity index (χ4n) is 1.49. The summed E-state index contributed by atoms with van der Waals surface area (Å²) in [6.07, 6.45) is 3.01. The predicted octanol–water partition coefficient (Wildman–Crippen LogP) is 1.41. The quantitative estimate of drug-likeness (QED) is 0.699. The summed E-state index contributed by atoms with van der Waals surface area (Å²) in [4.78, 5) is 0. The van der Waals surface area contributed by atoms with Crippen LogP contribution in [0, 0.1) is 0 Å². The lowest BCUT2D eigenvalue weighted by atomic mass is 10.2. The van der Waals surface area contributed by atoms with Crippen molar-refractivity contribution in [1.29, 1.82) is 0 Å². The molecule has 1 aromatic rings. The van der Waals surface area contributed by atoms with Gasteiger partial charge in [-0.05, 0) is 26.0 Å². The van der Waals surface area contributed by atoms with E-state index in [1.165, 1.54) is 5.69 Å². The van der Waals surface area contributed by atoms with E-state index in [9.17, 15) is 0 Å². The fourth-order valence-corrected chi connectivity index (χ4v) is 1.49. The van der Waals surface area contributed by atoms with Crippen molar-refractivity contribution in [2.45, 2.75) is 32.9 Å². The summed E-state index contributed by atoms with van der Waals surface area (Å²) < 4.78 is 7.52. The molecule has 1 rings (SSSR count). The van der Waals surface area contributed by atoms with E-state index in [0.717, 1.165) is 26.2 Å². The summed E-state index contributed by atoms with van der Waals surface area (Å²) >= 11 is 0. The number of ether oxygens (including phenoxy) is 1. The molecule has 0 aromatic carbocycles. The highest BCUT2D eigenvalue weighted by atomic mass is 16.5. The minimum absolute atomic E-state index is 0.218. The Labute approximate surface area is 85.9 Å². The highest BCUT2D eigenvalue weighted by Gasteiger charge is 2.02. The van der Waals surface area contributed by atoms with Crippen LogP contribution >= 0.6 is 0 Å². The second kappa shape index (κ2) is 5.83. The average Bonchev–Trinajstić information content (AvgIpc) is 2.52. The van der Waals surface area contributed by atoms with Crippen LogP contribution in [0.4, 0.5) is 0 Å². The minimum atomic E-state index is 0.218. The number of hydrogen-bond acceptors (Lipinski definition) is 2. The van der Waals surface area contributed by atoms with E-state index in [0.29, 0.717) is 0 Å². The third-order valence-electron chi connectivity index (χ3n) is 2.14. The van der Waals surface area contributed by atoms with Crippen molar-refractivity contribution in [3.63, 3.8) is 0 Å². The van der Waals surface area contributed by atoms with Crippen LogP contribution in [0.15, 0.2) is 18.3 Å². The molecule has 2 N–H and O–H groups in total. The zero-order valence-electron chi connectivity index (χ0n) is 9.07. The standard InChI is InChI=1S/C11H20N2O/c1-3-14-8-7-13-6-4-5-11(13)9-10(2)12/h4-6,10H,3,7-9,12H2,1-2H3. The zero-order chi connectivity index (χ0) is 10.4. The van der Waals surface area contributed by atoms with Gasteiger partial charge in [-0.2, -0.15) is 0 Å². The van der Waals surface area contributed by atoms with E-state index in [4.69, 9.17) is 10.5 Å². The molecule has 0 aliphatic heterocycles. The Morgan fingerprint density at radius 3 is 3.00 bits per heavy atom. The third-order valence-corrected chi connectivity index (χ3v) is 2.14. The van der Waals surface area contributed by atoms with Crippen molar-refractivity contribution in [2.24, 2.45) is 5.73 Å². The molecule has 0 saturated heterocycles. The highest BCUT2D eigenvalue weighted by molar-refractivity contribution is 5.08. The summed E-state index contributed by atoms with van der Waals surface area (Å²) in [5, 5.41) is 0. The van der Waals surface area contributed by atoms with Crippen LogP contribution in [0.2, 0.25) is 0 Å². The van der Waals surface area contributed by atoms with Crippen molar-refractivity contribution >= 4 is 0 Å². The third kappa shape index (κ3) is 3.52. The number of nitrogens with zero attached hydrogens (tertiary/aromatic N) is 1. The van der Waals surface area contributed by atoms with Crippen molar-refractivity contribution in [1.82, 2.24) is 4.57 Å². The molecule has 3 nitrogen and oxygen atoms in total. The van der Waals surface area contributed by atoms with Gasteiger partial charge in [0.15, 0.2) is 0 Å². The lowest BCUT2D eigenvalue weighted by Crippen LogP contribution is -2.20. The maximum absolute atomic E-state index is 5.76. The largest absolute Gasteiger partial charge is 0.380 e. The molecule has 3 heteroatoms. The van der Waals surface area contributed by atoms with Gasteiger partial charge in [0, 0.05) is 37.5 Å². The number of nitrogens with two attached hydrogens (primary N) is 1. The number of rotatable bonds is 6. The second-order valence-electron chi connectivity index (χ2n) is 3.57. The summed E-state index contributed by atoms with van der Waals surface area (Å²) in [5.41, 5.74) is 7.05. The molecule has 14 heavy (non-hydrogen) atoms. The first-order valence-corrected chi connectivity index (χ1v) is 5.21. The van der Waals surface area contributed by atoms with Gasteiger partial charge in [0.2, 0.25) is 0 Å². The van der Waals surface area contributed by atoms with Crippen molar-refractivity contribution in [3.05, 3.63) is 24.0 Å². The normalized spacial score (nSPS) is 13.1. The Morgan fingerprint density at radius 2 is 2.36 bits per heavy atom. The van der Waals surface area contributed by atoms with Crippen LogP contribution in [-0.4, -0.2) is 23.8 Å². The van der Waals surface area contributed by atoms with Crippen molar-refractivity contribution < 1.29 is 4.74 Å². The predicted molar refractivity (Wildman–Crippen MR) is 58.3 cm³/mol. The molecule has 0 saturated carbocycles. The first kappa shape index (κ1) is 11.3. The van der Waals surface area contributed by atoms with E-state index >= 15 is 0 Å². The lowest BCUT2D eigenvalue weighted by molar-refractivity contribution is 0.138. The molecule has 0 amide bonds. The van der Waals surface area contributed by atoms with Gasteiger partial charge in [-0.1, -0.05) is 0 Å². The van der Waals surface area contributed by atoms with Gasteiger partial charge in [0.25, 0.3) is 0 Å². The van der Waals surface area contributed by atoms with Crippen LogP contribution in [0.25, 0.3) is 0 Å². The van der Waals surface area contributed by atoms with Gasteiger partial charge in [-0.3, -0.25) is 0 Å². The highest BCUT2D eigenvalue weighted by Crippen LogP contribution is 2.04. The first-order valence-electron chi connectivity index (χ1n) is 5.21. The molecule has 0 spiro atoms. The van der Waals surface area contributed by atoms with Crippen molar-refractivity contribution in [3.8, 4) is 0 Å². The number of hydrogen-bond donors (Lipinski definition) is 1. The van der Waals surface area contributed by atoms with Crippen LogP contribution in [0.1, 0.15) is 19.5 Å². The molecular formula is C11H20N2O. The van der Waals surface area contributed by atoms with Crippen LogP contribution in [0.3, 0.4) is 0 Å². The molecule has 1 atom stereocenters. The number of aromatic nitrogens is 1. The molecule has 1 unspecified atom stereocenters. The van der Waals surface area contributed by atoms with Crippen LogP contribution in [0.5, 0.6) is 0 Å². The van der Waals surface area contributed by atoms with E-state index in [1.807, 2.05) is 13.8 Å². The smallest absolute Gasteiger partial charge is 0.0645 e. The first-order chi connectivity index (χ1) is 6.74. The Morgan fingerprint density at radius 1 is 1.57 bits per heavy atom. The zero-order valence-corrected chi connectivity index (χ0v) is 9.07. The van der Waals surface area contributed by atoms with Crippen LogP contribution < -0.4 is 5.73 Å². The van der Waals surface area contributed by atoms with Gasteiger partial charge in [0.05, 0.1) is 6.61 Å². The molecule has 0 aliphatic carbocycles. The molecule has 0 radical (unpaired) electrons. The summed E-state index contributed by atoms with van der Waals surface area (Å²) in [5.74, 6) is 0. The molecule has 0 bridgehead atoms. The van der Waals surface area contributed by atoms with Gasteiger partial charge < -0.3 is 15.0 Å². The maximum Gasteiger partial charge on any atom is 0.0645 e. The summed E-state index contributed by atoms with van der Waals surface area (Å²) in [6.45, 7) is 6.52. The molecule has 80 valence electrons. The monoisotopic (exact) mass is 196 g/mol. The Hall–Kier alpha value is -0.800. The van der Waals surface area contributed by atoms with Crippen molar-refractivity contribution in [2.75, 3.05) is 13.2 Å². The topological polar surface area (TPSA) is 40.2 Å². The van der Waals surface area contributed by atoms with E-state index in [-0.39, 0.29) is 6.04 Å². The van der Waals surface area contributed by atoms with E-state index in [2.05, 4.69) is 22.9 Å². The SMILES string of the molecule is CCOCCn1cccc1CC(C)N. The average molecular weight is 196 g/mol. The van der Waals surface area contributed by atoms with Gasteiger partial charge in [-0.15, -0.1) is 0 Å².